The highest BCUT2D eigenvalue weighted by molar-refractivity contribution is 4.75. The Hall–Kier alpha value is -0.790. The Labute approximate surface area is 94.7 Å². The largest absolute Gasteiger partial charge is 0.276 e. The van der Waals surface area contributed by atoms with Crippen molar-refractivity contribution in [2.45, 2.75) is 41.0 Å². The number of hydrogen-bond donors (Lipinski definition) is 0. The van der Waals surface area contributed by atoms with Crippen molar-refractivity contribution < 1.29 is 0 Å². The van der Waals surface area contributed by atoms with Crippen LogP contribution in [0.25, 0.3) is 0 Å². The second-order valence-electron chi connectivity index (χ2n) is 4.67. The monoisotopic (exact) mass is 210 g/mol. The quantitative estimate of drug-likeness (QED) is 0.743. The lowest BCUT2D eigenvalue weighted by Gasteiger charge is -2.21. The summed E-state index contributed by atoms with van der Waals surface area (Å²) < 4.78 is 1.75. The van der Waals surface area contributed by atoms with Gasteiger partial charge in [0.2, 0.25) is 0 Å². The molecule has 0 aliphatic rings. The van der Waals surface area contributed by atoms with Gasteiger partial charge < -0.3 is 0 Å². The minimum absolute atomic E-state index is 0.847. The van der Waals surface area contributed by atoms with E-state index in [1.165, 1.54) is 6.42 Å². The summed E-state index contributed by atoms with van der Waals surface area (Å²) in [6, 6.07) is 1.89. The van der Waals surface area contributed by atoms with Gasteiger partial charge in [0.05, 0.1) is 0 Å². The molecule has 0 aliphatic heterocycles. The molecule has 0 saturated carbocycles. The predicted molar refractivity (Wildman–Crippen MR) is 66.7 cm³/mol. The molecule has 0 bridgehead atoms. The fourth-order valence-corrected chi connectivity index (χ4v) is 1.37. The molecule has 0 N–H and O–H groups in total. The molecule has 1 rings (SSSR count). The van der Waals surface area contributed by atoms with E-state index >= 15 is 0 Å². The maximum atomic E-state index is 3.83. The summed E-state index contributed by atoms with van der Waals surface area (Å²) in [7, 11) is 1.89. The van der Waals surface area contributed by atoms with Gasteiger partial charge in [0.15, 0.2) is 0 Å². The van der Waals surface area contributed by atoms with Gasteiger partial charge in [0.25, 0.3) is 0 Å². The van der Waals surface area contributed by atoms with Crippen LogP contribution in [0.15, 0.2) is 18.5 Å². The highest BCUT2D eigenvalue weighted by Crippen LogP contribution is 2.21. The second-order valence-corrected chi connectivity index (χ2v) is 4.67. The molecule has 2 atom stereocenters. The molecule has 1 aromatic rings. The maximum absolute atomic E-state index is 3.83. The van der Waals surface area contributed by atoms with Gasteiger partial charge in [-0.15, -0.1) is 0 Å². The van der Waals surface area contributed by atoms with Crippen LogP contribution in [0.3, 0.4) is 0 Å². The maximum Gasteiger partial charge on any atom is 0.0489 e. The fraction of sp³-hybridized carbons (Fsp3) is 0.769. The molecular weight excluding hydrogens is 184 g/mol. The Morgan fingerprint density at radius 3 is 1.93 bits per heavy atom. The van der Waals surface area contributed by atoms with Gasteiger partial charge in [-0.05, 0) is 23.8 Å². The molecule has 0 spiro atoms. The summed E-state index contributed by atoms with van der Waals surface area (Å²) in [5.41, 5.74) is 0. The zero-order valence-electron chi connectivity index (χ0n) is 11.1. The zero-order valence-corrected chi connectivity index (χ0v) is 11.1. The van der Waals surface area contributed by atoms with Crippen LogP contribution in [0.5, 0.6) is 0 Å². The summed E-state index contributed by atoms with van der Waals surface area (Å²) in [4.78, 5) is 0. The first-order valence-corrected chi connectivity index (χ1v) is 5.92. The zero-order chi connectivity index (χ0) is 11.8. The minimum atomic E-state index is 0.847. The Morgan fingerprint density at radius 2 is 1.80 bits per heavy atom. The summed E-state index contributed by atoms with van der Waals surface area (Å²) >= 11 is 0. The molecule has 1 heterocycles. The van der Waals surface area contributed by atoms with Gasteiger partial charge in [-0.2, -0.15) is 5.10 Å². The van der Waals surface area contributed by atoms with Crippen molar-refractivity contribution >= 4 is 0 Å². The molecule has 1 aromatic heterocycles. The van der Waals surface area contributed by atoms with Crippen molar-refractivity contribution in [2.75, 3.05) is 0 Å². The van der Waals surface area contributed by atoms with Crippen LogP contribution in [0.2, 0.25) is 0 Å². The molecule has 2 unspecified atom stereocenters. The van der Waals surface area contributed by atoms with Crippen LogP contribution >= 0.6 is 0 Å². The van der Waals surface area contributed by atoms with Gasteiger partial charge in [-0.3, -0.25) is 4.68 Å². The van der Waals surface area contributed by atoms with E-state index in [9.17, 15) is 0 Å². The number of hydrogen-bond acceptors (Lipinski definition) is 1. The Morgan fingerprint density at radius 1 is 1.20 bits per heavy atom. The van der Waals surface area contributed by atoms with Crippen LogP contribution in [0.4, 0.5) is 0 Å². The first-order valence-electron chi connectivity index (χ1n) is 5.92. The molecule has 88 valence electrons. The molecule has 2 heteroatoms. The van der Waals surface area contributed by atoms with Gasteiger partial charge in [0.1, 0.15) is 0 Å². The molecule has 0 saturated heterocycles. The molecular formula is C13H26N2. The average molecular weight is 210 g/mol. The smallest absolute Gasteiger partial charge is 0.0489 e. The topological polar surface area (TPSA) is 17.8 Å². The van der Waals surface area contributed by atoms with E-state index in [0.717, 1.165) is 17.8 Å². The Kier molecular flexibility index (Phi) is 7.10. The molecule has 2 nitrogen and oxygen atoms in total. The van der Waals surface area contributed by atoms with Crippen LogP contribution < -0.4 is 0 Å². The van der Waals surface area contributed by atoms with Gasteiger partial charge in [-0.25, -0.2) is 0 Å². The third-order valence-corrected chi connectivity index (χ3v) is 3.23. The van der Waals surface area contributed by atoms with Crippen molar-refractivity contribution in [2.24, 2.45) is 24.8 Å². The normalized spacial score (nSPS) is 14.3. The molecule has 0 fully saturated rings. The number of nitrogens with zero attached hydrogens (tertiary/aromatic N) is 2. The number of aryl methyl sites for hydroxylation is 1. The third-order valence-electron chi connectivity index (χ3n) is 3.23. The SMILES string of the molecule is CCC(C)C(C)C(C)C.Cn1cccn1. The Bertz CT molecular complexity index is 227. The van der Waals surface area contributed by atoms with Crippen LogP contribution in [-0.4, -0.2) is 9.78 Å². The highest BCUT2D eigenvalue weighted by atomic mass is 15.2. The van der Waals surface area contributed by atoms with Gasteiger partial charge in [-0.1, -0.05) is 41.0 Å². The van der Waals surface area contributed by atoms with E-state index in [-0.39, 0.29) is 0 Å². The number of rotatable bonds is 3. The van der Waals surface area contributed by atoms with Crippen molar-refractivity contribution in [3.05, 3.63) is 18.5 Å². The third kappa shape index (κ3) is 6.32. The molecule has 0 amide bonds. The first kappa shape index (κ1) is 14.2. The van der Waals surface area contributed by atoms with Crippen molar-refractivity contribution in [3.63, 3.8) is 0 Å². The van der Waals surface area contributed by atoms with E-state index in [1.807, 2.05) is 19.3 Å². The van der Waals surface area contributed by atoms with E-state index in [4.69, 9.17) is 0 Å². The molecule has 0 aliphatic carbocycles. The molecule has 0 radical (unpaired) electrons. The summed E-state index contributed by atoms with van der Waals surface area (Å²) in [6.45, 7) is 11.6. The predicted octanol–water partition coefficient (Wildman–Crippen LogP) is 3.74. The van der Waals surface area contributed by atoms with E-state index in [1.54, 1.807) is 10.9 Å². The van der Waals surface area contributed by atoms with Gasteiger partial charge >= 0.3 is 0 Å². The van der Waals surface area contributed by atoms with E-state index in [2.05, 4.69) is 39.7 Å². The van der Waals surface area contributed by atoms with Crippen LogP contribution in [-0.2, 0) is 7.05 Å². The average Bonchev–Trinajstić information content (AvgIpc) is 2.67. The van der Waals surface area contributed by atoms with Crippen LogP contribution in [0, 0.1) is 17.8 Å². The first-order chi connectivity index (χ1) is 6.99. The number of aromatic nitrogens is 2. The lowest BCUT2D eigenvalue weighted by Crippen LogP contribution is -2.12. The van der Waals surface area contributed by atoms with E-state index < -0.39 is 0 Å². The highest BCUT2D eigenvalue weighted by Gasteiger charge is 2.12. The van der Waals surface area contributed by atoms with Crippen molar-refractivity contribution in [1.82, 2.24) is 9.78 Å². The lowest BCUT2D eigenvalue weighted by atomic mass is 9.85. The van der Waals surface area contributed by atoms with Crippen LogP contribution in [0.1, 0.15) is 41.0 Å². The van der Waals surface area contributed by atoms with E-state index in [0.29, 0.717) is 0 Å². The van der Waals surface area contributed by atoms with Gasteiger partial charge in [0, 0.05) is 19.4 Å². The summed E-state index contributed by atoms with van der Waals surface area (Å²) in [5.74, 6) is 2.62. The Balaban J connectivity index is 0.000000280. The standard InChI is InChI=1S/C9H20.C4H6N2/c1-6-8(4)9(5)7(2)3;1-6-4-2-3-5-6/h7-9H,6H2,1-5H3;2-4H,1H3. The summed E-state index contributed by atoms with van der Waals surface area (Å²) in [6.07, 6.45) is 4.96. The van der Waals surface area contributed by atoms with Crippen molar-refractivity contribution in [3.8, 4) is 0 Å². The summed E-state index contributed by atoms with van der Waals surface area (Å²) in [5, 5.41) is 3.83. The minimum Gasteiger partial charge on any atom is -0.276 e. The van der Waals surface area contributed by atoms with Crippen molar-refractivity contribution in [1.29, 1.82) is 0 Å². The fourth-order valence-electron chi connectivity index (χ4n) is 1.37. The molecule has 15 heavy (non-hydrogen) atoms. The molecule has 0 aromatic carbocycles. The second kappa shape index (κ2) is 7.49. The lowest BCUT2D eigenvalue weighted by molar-refractivity contribution is 0.289.